The summed E-state index contributed by atoms with van der Waals surface area (Å²) >= 11 is 6.73. The number of H-pyrrole nitrogens is 1. The van der Waals surface area contributed by atoms with Crippen LogP contribution in [0.4, 0.5) is 0 Å². The highest BCUT2D eigenvalue weighted by Crippen LogP contribution is 2.30. The maximum Gasteiger partial charge on any atom is 0.126 e. The average Bonchev–Trinajstić information content (AvgIpc) is 2.49. The van der Waals surface area contributed by atoms with Crippen molar-refractivity contribution >= 4 is 31.9 Å². The standard InChI is InChI=1S/C8H5Br2N3/c9-6-7(12-13-8(6)10)5-3-1-2-4-11-5/h1-4H,(H,12,13). The van der Waals surface area contributed by atoms with Gasteiger partial charge in [0.25, 0.3) is 0 Å². The van der Waals surface area contributed by atoms with Gasteiger partial charge in [-0.15, -0.1) is 0 Å². The van der Waals surface area contributed by atoms with Crippen molar-refractivity contribution in [1.29, 1.82) is 0 Å². The van der Waals surface area contributed by atoms with Crippen LogP contribution in [-0.4, -0.2) is 15.2 Å². The van der Waals surface area contributed by atoms with Gasteiger partial charge in [-0.1, -0.05) is 6.07 Å². The highest BCUT2D eigenvalue weighted by Gasteiger charge is 2.10. The van der Waals surface area contributed by atoms with Crippen molar-refractivity contribution in [1.82, 2.24) is 15.2 Å². The van der Waals surface area contributed by atoms with E-state index < -0.39 is 0 Å². The van der Waals surface area contributed by atoms with Crippen LogP contribution in [0.2, 0.25) is 0 Å². The summed E-state index contributed by atoms with van der Waals surface area (Å²) in [6, 6.07) is 5.71. The van der Waals surface area contributed by atoms with E-state index in [1.54, 1.807) is 6.20 Å². The zero-order valence-electron chi connectivity index (χ0n) is 6.46. The summed E-state index contributed by atoms with van der Waals surface area (Å²) in [6.07, 6.45) is 1.74. The van der Waals surface area contributed by atoms with Crippen molar-refractivity contribution in [2.45, 2.75) is 0 Å². The van der Waals surface area contributed by atoms with Gasteiger partial charge in [-0.25, -0.2) is 0 Å². The van der Waals surface area contributed by atoms with Gasteiger partial charge in [0.05, 0.1) is 10.2 Å². The Morgan fingerprint density at radius 2 is 2.08 bits per heavy atom. The Morgan fingerprint density at radius 3 is 2.62 bits per heavy atom. The molecule has 2 rings (SSSR count). The minimum absolute atomic E-state index is 0.812. The van der Waals surface area contributed by atoms with E-state index in [1.807, 2.05) is 18.2 Å². The first-order chi connectivity index (χ1) is 6.29. The Morgan fingerprint density at radius 1 is 1.23 bits per heavy atom. The molecule has 0 spiro atoms. The number of aromatic amines is 1. The first-order valence-electron chi connectivity index (χ1n) is 3.60. The number of hydrogen-bond acceptors (Lipinski definition) is 2. The van der Waals surface area contributed by atoms with Gasteiger partial charge in [0.1, 0.15) is 10.3 Å². The van der Waals surface area contributed by atoms with Crippen molar-refractivity contribution in [3.8, 4) is 11.4 Å². The summed E-state index contributed by atoms with van der Waals surface area (Å²) in [5, 5.41) is 6.92. The van der Waals surface area contributed by atoms with Gasteiger partial charge in [-0.05, 0) is 44.0 Å². The molecule has 0 fully saturated rings. The molecule has 0 aliphatic heterocycles. The zero-order valence-corrected chi connectivity index (χ0v) is 9.63. The molecular formula is C8H5Br2N3. The van der Waals surface area contributed by atoms with Gasteiger partial charge in [0.15, 0.2) is 0 Å². The van der Waals surface area contributed by atoms with E-state index in [2.05, 4.69) is 47.0 Å². The van der Waals surface area contributed by atoms with Crippen molar-refractivity contribution in [3.05, 3.63) is 33.5 Å². The molecule has 0 saturated heterocycles. The number of halogens is 2. The maximum atomic E-state index is 4.19. The summed E-state index contributed by atoms with van der Waals surface area (Å²) < 4.78 is 1.72. The molecule has 0 saturated carbocycles. The molecule has 3 nitrogen and oxygen atoms in total. The molecule has 2 aromatic heterocycles. The minimum atomic E-state index is 0.812. The molecule has 0 aromatic carbocycles. The van der Waals surface area contributed by atoms with Gasteiger partial charge in [-0.3, -0.25) is 10.1 Å². The van der Waals surface area contributed by atoms with Gasteiger partial charge in [0, 0.05) is 6.20 Å². The number of nitrogens with zero attached hydrogens (tertiary/aromatic N) is 2. The van der Waals surface area contributed by atoms with Gasteiger partial charge in [0.2, 0.25) is 0 Å². The topological polar surface area (TPSA) is 41.6 Å². The summed E-state index contributed by atoms with van der Waals surface area (Å²) in [7, 11) is 0. The molecule has 0 amide bonds. The summed E-state index contributed by atoms with van der Waals surface area (Å²) in [4.78, 5) is 4.19. The fourth-order valence-corrected chi connectivity index (χ4v) is 1.64. The zero-order chi connectivity index (χ0) is 9.26. The lowest BCUT2D eigenvalue weighted by molar-refractivity contribution is 1.07. The summed E-state index contributed by atoms with van der Waals surface area (Å²) in [6.45, 7) is 0. The Labute approximate surface area is 91.8 Å². The van der Waals surface area contributed by atoms with Crippen LogP contribution in [-0.2, 0) is 0 Å². The lowest BCUT2D eigenvalue weighted by atomic mass is 10.3. The first kappa shape index (κ1) is 8.90. The second kappa shape index (κ2) is 3.59. The fraction of sp³-hybridized carbons (Fsp3) is 0. The molecule has 66 valence electrons. The molecule has 0 aliphatic rings. The summed E-state index contributed by atoms with van der Waals surface area (Å²) in [5.41, 5.74) is 1.66. The second-order valence-electron chi connectivity index (χ2n) is 2.42. The Balaban J connectivity index is 2.53. The SMILES string of the molecule is Brc1[nH]nc(-c2ccccn2)c1Br. The van der Waals surface area contributed by atoms with Crippen LogP contribution in [0.15, 0.2) is 33.5 Å². The third-order valence-electron chi connectivity index (χ3n) is 1.57. The largest absolute Gasteiger partial charge is 0.270 e. The van der Waals surface area contributed by atoms with Gasteiger partial charge < -0.3 is 0 Å². The van der Waals surface area contributed by atoms with Crippen LogP contribution >= 0.6 is 31.9 Å². The smallest absolute Gasteiger partial charge is 0.126 e. The quantitative estimate of drug-likeness (QED) is 0.880. The van der Waals surface area contributed by atoms with Crippen LogP contribution in [0.25, 0.3) is 11.4 Å². The van der Waals surface area contributed by atoms with Crippen LogP contribution in [0, 0.1) is 0 Å². The molecule has 0 unspecified atom stereocenters. The van der Waals surface area contributed by atoms with Crippen molar-refractivity contribution in [3.63, 3.8) is 0 Å². The highest BCUT2D eigenvalue weighted by molar-refractivity contribution is 9.13. The van der Waals surface area contributed by atoms with E-state index in [-0.39, 0.29) is 0 Å². The van der Waals surface area contributed by atoms with Crippen molar-refractivity contribution in [2.75, 3.05) is 0 Å². The molecule has 0 bridgehead atoms. The van der Waals surface area contributed by atoms with Crippen LogP contribution in [0.3, 0.4) is 0 Å². The summed E-state index contributed by atoms with van der Waals surface area (Å²) in [5.74, 6) is 0. The van der Waals surface area contributed by atoms with E-state index in [1.165, 1.54) is 0 Å². The van der Waals surface area contributed by atoms with Crippen LogP contribution < -0.4 is 0 Å². The molecule has 1 N–H and O–H groups in total. The van der Waals surface area contributed by atoms with E-state index in [0.717, 1.165) is 20.5 Å². The van der Waals surface area contributed by atoms with Gasteiger partial charge in [-0.2, -0.15) is 5.10 Å². The molecule has 5 heteroatoms. The molecule has 13 heavy (non-hydrogen) atoms. The van der Waals surface area contributed by atoms with Crippen molar-refractivity contribution < 1.29 is 0 Å². The maximum absolute atomic E-state index is 4.19. The number of aromatic nitrogens is 3. The Bertz CT molecular complexity index is 411. The molecular weight excluding hydrogens is 298 g/mol. The van der Waals surface area contributed by atoms with Gasteiger partial charge >= 0.3 is 0 Å². The first-order valence-corrected chi connectivity index (χ1v) is 5.18. The normalized spacial score (nSPS) is 10.3. The van der Waals surface area contributed by atoms with Crippen LogP contribution in [0.5, 0.6) is 0 Å². The fourth-order valence-electron chi connectivity index (χ4n) is 0.980. The third-order valence-corrected chi connectivity index (χ3v) is 3.45. The minimum Gasteiger partial charge on any atom is -0.270 e. The molecule has 0 radical (unpaired) electrons. The highest BCUT2D eigenvalue weighted by atomic mass is 79.9. The second-order valence-corrected chi connectivity index (χ2v) is 4.00. The van der Waals surface area contributed by atoms with E-state index in [9.17, 15) is 0 Å². The third kappa shape index (κ3) is 1.66. The molecule has 0 aliphatic carbocycles. The molecule has 0 atom stereocenters. The molecule has 2 heterocycles. The predicted octanol–water partition coefficient (Wildman–Crippen LogP) is 3.00. The monoisotopic (exact) mass is 301 g/mol. The van der Waals surface area contributed by atoms with Crippen LogP contribution in [0.1, 0.15) is 0 Å². The van der Waals surface area contributed by atoms with E-state index in [4.69, 9.17) is 0 Å². The number of nitrogens with one attached hydrogen (secondary N) is 1. The lowest BCUT2D eigenvalue weighted by Crippen LogP contribution is -1.82. The number of rotatable bonds is 1. The molecule has 2 aromatic rings. The van der Waals surface area contributed by atoms with E-state index in [0.29, 0.717) is 0 Å². The Kier molecular flexibility index (Phi) is 2.46. The Hall–Kier alpha value is -0.680. The van der Waals surface area contributed by atoms with E-state index >= 15 is 0 Å². The average molecular weight is 303 g/mol. The lowest BCUT2D eigenvalue weighted by Gasteiger charge is -1.94. The predicted molar refractivity (Wildman–Crippen MR) is 57.2 cm³/mol. The number of hydrogen-bond donors (Lipinski definition) is 1. The number of pyridine rings is 1. The van der Waals surface area contributed by atoms with Crippen molar-refractivity contribution in [2.24, 2.45) is 0 Å².